The molecule has 1 aromatic heterocycles. The van der Waals surface area contributed by atoms with Gasteiger partial charge in [0.05, 0.1) is 22.7 Å². The molecule has 5 heteroatoms. The number of aryl methyl sites for hydroxylation is 3. The van der Waals surface area contributed by atoms with E-state index in [4.69, 9.17) is 10.4 Å². The largest absolute Gasteiger partial charge is 0.478 e. The highest BCUT2D eigenvalue weighted by atomic mass is 16.4. The third kappa shape index (κ3) is 3.23. The van der Waals surface area contributed by atoms with E-state index < -0.39 is 5.97 Å². The number of hydrogen-bond acceptors (Lipinski definition) is 4. The molecule has 0 unspecified atom stereocenters. The van der Waals surface area contributed by atoms with Crippen LogP contribution in [-0.4, -0.2) is 21.0 Å². The third-order valence-corrected chi connectivity index (χ3v) is 3.90. The van der Waals surface area contributed by atoms with Crippen LogP contribution in [0.1, 0.15) is 33.0 Å². The molecule has 1 N–H and O–H groups in total. The molecule has 2 aromatic carbocycles. The molecule has 0 radical (unpaired) electrons. The number of nitriles is 1. The standard InChI is InChI=1S/C19H15N3O2/c1-12-16-8-7-15(19(23)24)10-17(16)22-18(21-12)9-6-13-2-4-14(11-20)5-3-13/h2-5,7-8,10H,6,9H2,1H3,(H,23,24). The Labute approximate surface area is 139 Å². The van der Waals surface area contributed by atoms with E-state index in [1.54, 1.807) is 30.3 Å². The molecule has 24 heavy (non-hydrogen) atoms. The van der Waals surface area contributed by atoms with Gasteiger partial charge in [0.2, 0.25) is 0 Å². The number of hydrogen-bond donors (Lipinski definition) is 1. The van der Waals surface area contributed by atoms with Gasteiger partial charge in [-0.3, -0.25) is 0 Å². The smallest absolute Gasteiger partial charge is 0.335 e. The number of aromatic nitrogens is 2. The Balaban J connectivity index is 1.86. The average molecular weight is 317 g/mol. The van der Waals surface area contributed by atoms with Crippen LogP contribution in [0.4, 0.5) is 0 Å². The maximum absolute atomic E-state index is 11.1. The van der Waals surface area contributed by atoms with Crippen LogP contribution in [0.25, 0.3) is 10.9 Å². The van der Waals surface area contributed by atoms with E-state index in [-0.39, 0.29) is 5.56 Å². The van der Waals surface area contributed by atoms with Crippen LogP contribution in [-0.2, 0) is 12.8 Å². The normalized spacial score (nSPS) is 10.5. The summed E-state index contributed by atoms with van der Waals surface area (Å²) in [4.78, 5) is 20.1. The predicted octanol–water partition coefficient (Wildman–Crippen LogP) is 3.29. The summed E-state index contributed by atoms with van der Waals surface area (Å²) in [6.07, 6.45) is 1.41. The van der Waals surface area contributed by atoms with Gasteiger partial charge < -0.3 is 5.11 Å². The van der Waals surface area contributed by atoms with Gasteiger partial charge >= 0.3 is 5.97 Å². The van der Waals surface area contributed by atoms with E-state index in [0.717, 1.165) is 23.1 Å². The fourth-order valence-corrected chi connectivity index (χ4v) is 2.59. The topological polar surface area (TPSA) is 86.9 Å². The second kappa shape index (κ2) is 6.47. The van der Waals surface area contributed by atoms with Crippen LogP contribution in [0.15, 0.2) is 42.5 Å². The summed E-state index contributed by atoms with van der Waals surface area (Å²) in [7, 11) is 0. The van der Waals surface area contributed by atoms with Gasteiger partial charge in [0.15, 0.2) is 0 Å². The first-order valence-electron chi connectivity index (χ1n) is 7.56. The van der Waals surface area contributed by atoms with Crippen LogP contribution in [0, 0.1) is 18.3 Å². The van der Waals surface area contributed by atoms with Crippen molar-refractivity contribution in [2.24, 2.45) is 0 Å². The zero-order valence-corrected chi connectivity index (χ0v) is 13.2. The lowest BCUT2D eigenvalue weighted by molar-refractivity contribution is 0.0697. The first kappa shape index (κ1) is 15.6. The van der Waals surface area contributed by atoms with E-state index in [2.05, 4.69) is 16.0 Å². The van der Waals surface area contributed by atoms with Gasteiger partial charge in [-0.15, -0.1) is 0 Å². The summed E-state index contributed by atoms with van der Waals surface area (Å²) in [5.41, 5.74) is 3.45. The van der Waals surface area contributed by atoms with E-state index in [0.29, 0.717) is 23.3 Å². The highest BCUT2D eigenvalue weighted by molar-refractivity contribution is 5.93. The van der Waals surface area contributed by atoms with Gasteiger partial charge in [0.1, 0.15) is 5.82 Å². The molecule has 0 saturated heterocycles. The molecule has 118 valence electrons. The number of fused-ring (bicyclic) bond motifs is 1. The molecule has 0 atom stereocenters. The number of carbonyl (C=O) groups is 1. The quantitative estimate of drug-likeness (QED) is 0.798. The SMILES string of the molecule is Cc1nc(CCc2ccc(C#N)cc2)nc2cc(C(=O)O)ccc12. The van der Waals surface area contributed by atoms with Crippen molar-refractivity contribution in [2.75, 3.05) is 0 Å². The summed E-state index contributed by atoms with van der Waals surface area (Å²) in [5, 5.41) is 18.8. The second-order valence-electron chi connectivity index (χ2n) is 5.57. The molecule has 5 nitrogen and oxygen atoms in total. The van der Waals surface area contributed by atoms with Gasteiger partial charge in [0.25, 0.3) is 0 Å². The summed E-state index contributed by atoms with van der Waals surface area (Å²) >= 11 is 0. The Morgan fingerprint density at radius 3 is 2.54 bits per heavy atom. The zero-order valence-electron chi connectivity index (χ0n) is 13.2. The van der Waals surface area contributed by atoms with Crippen LogP contribution >= 0.6 is 0 Å². The average Bonchev–Trinajstić information content (AvgIpc) is 2.60. The minimum atomic E-state index is -0.965. The molecular formula is C19H15N3O2. The molecule has 1 heterocycles. The second-order valence-corrected chi connectivity index (χ2v) is 5.57. The van der Waals surface area contributed by atoms with Crippen molar-refractivity contribution >= 4 is 16.9 Å². The summed E-state index contributed by atoms with van der Waals surface area (Å²) < 4.78 is 0. The van der Waals surface area contributed by atoms with Gasteiger partial charge in [-0.2, -0.15) is 5.26 Å². The van der Waals surface area contributed by atoms with Gasteiger partial charge in [-0.1, -0.05) is 18.2 Å². The first-order chi connectivity index (χ1) is 11.6. The van der Waals surface area contributed by atoms with Crippen LogP contribution in [0.2, 0.25) is 0 Å². The van der Waals surface area contributed by atoms with Crippen molar-refractivity contribution in [1.29, 1.82) is 5.26 Å². The number of rotatable bonds is 4. The fraction of sp³-hybridized carbons (Fsp3) is 0.158. The number of benzene rings is 2. The van der Waals surface area contributed by atoms with E-state index in [9.17, 15) is 4.79 Å². The molecule has 0 aliphatic carbocycles. The van der Waals surface area contributed by atoms with Gasteiger partial charge in [-0.25, -0.2) is 14.8 Å². The van der Waals surface area contributed by atoms with E-state index >= 15 is 0 Å². The minimum absolute atomic E-state index is 0.221. The monoisotopic (exact) mass is 317 g/mol. The van der Waals surface area contributed by atoms with Crippen molar-refractivity contribution in [2.45, 2.75) is 19.8 Å². The van der Waals surface area contributed by atoms with Crippen molar-refractivity contribution in [3.8, 4) is 6.07 Å². The third-order valence-electron chi connectivity index (χ3n) is 3.90. The minimum Gasteiger partial charge on any atom is -0.478 e. The summed E-state index contributed by atoms with van der Waals surface area (Å²) in [6, 6.07) is 14.4. The van der Waals surface area contributed by atoms with Gasteiger partial charge in [-0.05, 0) is 43.2 Å². The molecular weight excluding hydrogens is 302 g/mol. The van der Waals surface area contributed by atoms with Crippen molar-refractivity contribution in [3.63, 3.8) is 0 Å². The number of aromatic carboxylic acids is 1. The number of nitrogens with zero attached hydrogens (tertiary/aromatic N) is 3. The number of carboxylic acid groups (broad SMARTS) is 1. The molecule has 0 spiro atoms. The Kier molecular flexibility index (Phi) is 4.21. The molecule has 0 aliphatic heterocycles. The summed E-state index contributed by atoms with van der Waals surface area (Å²) in [6.45, 7) is 1.90. The maximum Gasteiger partial charge on any atom is 0.335 e. The molecule has 0 saturated carbocycles. The highest BCUT2D eigenvalue weighted by Gasteiger charge is 2.09. The Bertz CT molecular complexity index is 957. The van der Waals surface area contributed by atoms with Crippen LogP contribution in [0.5, 0.6) is 0 Å². The molecule has 0 bridgehead atoms. The molecule has 3 aromatic rings. The van der Waals surface area contributed by atoms with E-state index in [1.807, 2.05) is 19.1 Å². The zero-order chi connectivity index (χ0) is 17.1. The van der Waals surface area contributed by atoms with Crippen molar-refractivity contribution < 1.29 is 9.90 Å². The van der Waals surface area contributed by atoms with Crippen LogP contribution < -0.4 is 0 Å². The molecule has 3 rings (SSSR count). The first-order valence-corrected chi connectivity index (χ1v) is 7.56. The van der Waals surface area contributed by atoms with Crippen LogP contribution in [0.3, 0.4) is 0 Å². The molecule has 0 fully saturated rings. The van der Waals surface area contributed by atoms with Crippen molar-refractivity contribution in [3.05, 3.63) is 70.7 Å². The lowest BCUT2D eigenvalue weighted by Gasteiger charge is -2.07. The number of carboxylic acids is 1. The maximum atomic E-state index is 11.1. The highest BCUT2D eigenvalue weighted by Crippen LogP contribution is 2.18. The molecule has 0 amide bonds. The van der Waals surface area contributed by atoms with Crippen molar-refractivity contribution in [1.82, 2.24) is 9.97 Å². The molecule has 0 aliphatic rings. The van der Waals surface area contributed by atoms with Gasteiger partial charge in [0, 0.05) is 17.5 Å². The lowest BCUT2D eigenvalue weighted by atomic mass is 10.1. The Hall–Kier alpha value is -3.26. The Morgan fingerprint density at radius 1 is 1.12 bits per heavy atom. The fourth-order valence-electron chi connectivity index (χ4n) is 2.59. The summed E-state index contributed by atoms with van der Waals surface area (Å²) in [5.74, 6) is -0.279. The lowest BCUT2D eigenvalue weighted by Crippen LogP contribution is -2.03. The Morgan fingerprint density at radius 2 is 1.88 bits per heavy atom. The predicted molar refractivity (Wildman–Crippen MR) is 89.8 cm³/mol. The van der Waals surface area contributed by atoms with E-state index in [1.165, 1.54) is 0 Å².